The maximum Gasteiger partial charge on any atom is 0.410 e. The van der Waals surface area contributed by atoms with Crippen LogP contribution in [0.2, 0.25) is 0 Å². The van der Waals surface area contributed by atoms with Crippen LogP contribution in [0.3, 0.4) is 0 Å². The molecule has 0 aliphatic carbocycles. The molecule has 1 atom stereocenters. The van der Waals surface area contributed by atoms with E-state index in [0.717, 1.165) is 31.2 Å². The van der Waals surface area contributed by atoms with Crippen molar-refractivity contribution in [2.24, 2.45) is 0 Å². The first-order chi connectivity index (χ1) is 15.0. The summed E-state index contributed by atoms with van der Waals surface area (Å²) in [5.74, 6) is 1.25. The molecule has 160 valence electrons. The van der Waals surface area contributed by atoms with Crippen LogP contribution in [0, 0.1) is 0 Å². The van der Waals surface area contributed by atoms with E-state index in [9.17, 15) is 9.59 Å². The Kier molecular flexibility index (Phi) is 5.23. The molecule has 7 nitrogen and oxygen atoms in total. The van der Waals surface area contributed by atoms with Crippen molar-refractivity contribution in [3.05, 3.63) is 62.6 Å². The fraction of sp³-hybridized carbons (Fsp3) is 0.273. The van der Waals surface area contributed by atoms with E-state index in [0.29, 0.717) is 37.4 Å². The van der Waals surface area contributed by atoms with Gasteiger partial charge in [-0.25, -0.2) is 4.79 Å². The molecule has 2 aliphatic rings. The third-order valence-corrected chi connectivity index (χ3v) is 7.08. The largest absolute Gasteiger partial charge is 0.457 e. The monoisotopic (exact) mass is 501 g/mol. The fourth-order valence-corrected chi connectivity index (χ4v) is 5.46. The molecule has 0 bridgehead atoms. The molecule has 0 saturated heterocycles. The lowest BCUT2D eigenvalue weighted by Gasteiger charge is -2.27. The number of hydrogen-bond donors (Lipinski definition) is 2. The summed E-state index contributed by atoms with van der Waals surface area (Å²) in [5.41, 5.74) is 2.65. The summed E-state index contributed by atoms with van der Waals surface area (Å²) < 4.78 is 12.2. The van der Waals surface area contributed by atoms with Gasteiger partial charge in [-0.3, -0.25) is 4.79 Å². The zero-order valence-corrected chi connectivity index (χ0v) is 19.1. The molecule has 31 heavy (non-hydrogen) atoms. The molecule has 2 aromatic heterocycles. The van der Waals surface area contributed by atoms with Gasteiger partial charge in [0.2, 0.25) is 0 Å². The smallest absolute Gasteiger partial charge is 0.410 e. The molecule has 4 heterocycles. The highest BCUT2D eigenvalue weighted by molar-refractivity contribution is 9.10. The zero-order chi connectivity index (χ0) is 21.5. The summed E-state index contributed by atoms with van der Waals surface area (Å²) >= 11 is 4.95. The molecule has 2 amide bonds. The molecule has 9 heteroatoms. The van der Waals surface area contributed by atoms with Crippen molar-refractivity contribution < 1.29 is 18.7 Å². The van der Waals surface area contributed by atoms with E-state index in [1.54, 1.807) is 11.8 Å². The zero-order valence-electron chi connectivity index (χ0n) is 16.7. The highest BCUT2D eigenvalue weighted by Crippen LogP contribution is 2.41. The second-order valence-corrected chi connectivity index (χ2v) is 9.36. The molecular weight excluding hydrogens is 482 g/mol. The van der Waals surface area contributed by atoms with E-state index in [1.807, 2.05) is 36.4 Å². The normalized spacial score (nSPS) is 17.4. The molecule has 0 spiro atoms. The number of benzene rings is 1. The van der Waals surface area contributed by atoms with Gasteiger partial charge < -0.3 is 24.7 Å². The van der Waals surface area contributed by atoms with E-state index >= 15 is 0 Å². The van der Waals surface area contributed by atoms with Gasteiger partial charge in [-0.2, -0.15) is 0 Å². The number of carbonyl (C=O) groups is 2. The Hall–Kier alpha value is -2.78. The van der Waals surface area contributed by atoms with Gasteiger partial charge in [0.1, 0.15) is 16.5 Å². The van der Waals surface area contributed by atoms with Gasteiger partial charge in [0.05, 0.1) is 18.7 Å². The lowest BCUT2D eigenvalue weighted by atomic mass is 10.0. The van der Waals surface area contributed by atoms with Crippen LogP contribution in [0.1, 0.15) is 39.6 Å². The average molecular weight is 502 g/mol. The van der Waals surface area contributed by atoms with Gasteiger partial charge in [0.25, 0.3) is 5.91 Å². The van der Waals surface area contributed by atoms with Crippen molar-refractivity contribution in [3.63, 3.8) is 0 Å². The van der Waals surface area contributed by atoms with Gasteiger partial charge in [0.15, 0.2) is 6.17 Å². The maximum absolute atomic E-state index is 12.9. The number of fused-ring (bicyclic) bond motifs is 3. The first-order valence-electron chi connectivity index (χ1n) is 10.0. The van der Waals surface area contributed by atoms with Crippen LogP contribution >= 0.6 is 27.3 Å². The third-order valence-electron chi connectivity index (χ3n) is 5.40. The van der Waals surface area contributed by atoms with Crippen LogP contribution in [-0.4, -0.2) is 30.1 Å². The van der Waals surface area contributed by atoms with Crippen LogP contribution in [0.5, 0.6) is 0 Å². The molecule has 0 fully saturated rings. The Balaban J connectivity index is 1.38. The third kappa shape index (κ3) is 3.72. The molecule has 3 aromatic rings. The van der Waals surface area contributed by atoms with Crippen molar-refractivity contribution >= 4 is 44.3 Å². The van der Waals surface area contributed by atoms with Gasteiger partial charge in [-0.15, -0.1) is 11.3 Å². The minimum absolute atomic E-state index is 0.123. The second-order valence-electron chi connectivity index (χ2n) is 7.34. The number of amides is 2. The number of carbonyl (C=O) groups excluding carboxylic acids is 2. The van der Waals surface area contributed by atoms with Gasteiger partial charge in [-0.05, 0) is 43.2 Å². The quantitative estimate of drug-likeness (QED) is 0.519. The van der Waals surface area contributed by atoms with E-state index in [1.165, 1.54) is 11.3 Å². The summed E-state index contributed by atoms with van der Waals surface area (Å²) in [5, 5.41) is 7.21. The summed E-state index contributed by atoms with van der Waals surface area (Å²) in [6.07, 6.45) is -0.134. The van der Waals surface area contributed by atoms with Crippen LogP contribution < -0.4 is 10.6 Å². The summed E-state index contributed by atoms with van der Waals surface area (Å²) in [6.45, 7) is 3.14. The molecule has 0 saturated carbocycles. The Morgan fingerprint density at radius 3 is 2.84 bits per heavy atom. The van der Waals surface area contributed by atoms with Gasteiger partial charge in [-0.1, -0.05) is 28.1 Å². The highest BCUT2D eigenvalue weighted by Gasteiger charge is 2.35. The predicted molar refractivity (Wildman–Crippen MR) is 121 cm³/mol. The number of nitrogens with zero attached hydrogens (tertiary/aromatic N) is 1. The second kappa shape index (κ2) is 8.05. The Bertz CT molecular complexity index is 1150. The summed E-state index contributed by atoms with van der Waals surface area (Å²) in [6, 6.07) is 11.6. The van der Waals surface area contributed by atoms with E-state index in [-0.39, 0.29) is 12.0 Å². The topological polar surface area (TPSA) is 83.8 Å². The maximum atomic E-state index is 12.9. The lowest BCUT2D eigenvalue weighted by molar-refractivity contribution is 0.0929. The fourth-order valence-electron chi connectivity index (χ4n) is 3.91. The molecule has 2 N–H and O–H groups in total. The predicted octanol–water partition coefficient (Wildman–Crippen LogP) is 5.14. The van der Waals surface area contributed by atoms with E-state index < -0.39 is 6.17 Å². The number of anilines is 1. The van der Waals surface area contributed by atoms with Crippen molar-refractivity contribution in [3.8, 4) is 11.3 Å². The Morgan fingerprint density at radius 2 is 2.06 bits per heavy atom. The highest BCUT2D eigenvalue weighted by atomic mass is 79.9. The van der Waals surface area contributed by atoms with Crippen LogP contribution in [0.25, 0.3) is 11.3 Å². The van der Waals surface area contributed by atoms with Gasteiger partial charge in [0, 0.05) is 21.5 Å². The average Bonchev–Trinajstić information content (AvgIpc) is 3.39. The van der Waals surface area contributed by atoms with Crippen LogP contribution in [0.4, 0.5) is 9.80 Å². The SMILES string of the molecule is CCOC(=O)N1CCc2c(sc3c2C(=O)N[C@H](c2ccc(-c4ccc(Br)cc4)o2)N3)C1. The number of halogens is 1. The number of thiophene rings is 1. The number of hydrogen-bond acceptors (Lipinski definition) is 6. The summed E-state index contributed by atoms with van der Waals surface area (Å²) in [7, 11) is 0. The molecule has 0 radical (unpaired) electrons. The molecular formula is C22H20BrN3O4S. The van der Waals surface area contributed by atoms with E-state index in [2.05, 4.69) is 26.6 Å². The van der Waals surface area contributed by atoms with Crippen molar-refractivity contribution in [2.45, 2.75) is 26.1 Å². The van der Waals surface area contributed by atoms with Crippen molar-refractivity contribution in [1.82, 2.24) is 10.2 Å². The summed E-state index contributed by atoms with van der Waals surface area (Å²) in [4.78, 5) is 27.7. The Morgan fingerprint density at radius 1 is 1.26 bits per heavy atom. The number of rotatable bonds is 3. The number of furan rings is 1. The first-order valence-corrected chi connectivity index (χ1v) is 11.6. The minimum Gasteiger partial charge on any atom is -0.457 e. The lowest BCUT2D eigenvalue weighted by Crippen LogP contribution is -2.39. The molecule has 5 rings (SSSR count). The van der Waals surface area contributed by atoms with Crippen molar-refractivity contribution in [1.29, 1.82) is 0 Å². The molecule has 0 unspecified atom stereocenters. The van der Waals surface area contributed by atoms with Crippen LogP contribution in [0.15, 0.2) is 45.3 Å². The molecule has 2 aliphatic heterocycles. The molecule has 1 aromatic carbocycles. The Labute approximate surface area is 191 Å². The number of ether oxygens (including phenoxy) is 1. The van der Waals surface area contributed by atoms with Crippen molar-refractivity contribution in [2.75, 3.05) is 18.5 Å². The van der Waals surface area contributed by atoms with Gasteiger partial charge >= 0.3 is 6.09 Å². The minimum atomic E-state index is -0.453. The first kappa shape index (κ1) is 20.1. The van der Waals surface area contributed by atoms with E-state index in [4.69, 9.17) is 9.15 Å². The number of nitrogens with one attached hydrogen (secondary N) is 2. The van der Waals surface area contributed by atoms with Crippen LogP contribution in [-0.2, 0) is 17.7 Å². The standard InChI is InChI=1S/C22H20BrN3O4S/c1-2-29-22(28)26-10-9-14-17(11-26)31-21-18(14)20(27)24-19(25-21)16-8-7-15(30-16)12-3-5-13(23)6-4-12/h3-8,19,25H,2,9-11H2,1H3,(H,24,27)/t19-/m0/s1.